The van der Waals surface area contributed by atoms with Crippen molar-refractivity contribution >= 4 is 21.8 Å². The van der Waals surface area contributed by atoms with Crippen LogP contribution in [0, 0.1) is 5.92 Å². The van der Waals surface area contributed by atoms with E-state index in [1.165, 1.54) is 19.3 Å². The van der Waals surface area contributed by atoms with Crippen LogP contribution in [0.4, 0.5) is 0 Å². The Morgan fingerprint density at radius 1 is 1.27 bits per heavy atom. The molecule has 0 bridgehead atoms. The van der Waals surface area contributed by atoms with Gasteiger partial charge in [0.2, 0.25) is 5.91 Å². The third-order valence-electron chi connectivity index (χ3n) is 2.75. The number of nitrogens with one attached hydrogen (secondary N) is 1. The Balaban J connectivity index is 3.74. The molecule has 0 rings (SSSR count). The third kappa shape index (κ3) is 6.93. The van der Waals surface area contributed by atoms with Crippen LogP contribution in [0.25, 0.3) is 0 Å². The van der Waals surface area contributed by atoms with E-state index in [4.69, 9.17) is 0 Å². The van der Waals surface area contributed by atoms with E-state index in [2.05, 4.69) is 35.1 Å². The number of carbonyl (C=O) groups is 1. The second kappa shape index (κ2) is 9.20. The molecule has 0 aromatic carbocycles. The van der Waals surface area contributed by atoms with Gasteiger partial charge in [0, 0.05) is 6.54 Å². The molecule has 0 aliphatic rings. The highest BCUT2D eigenvalue weighted by Gasteiger charge is 2.13. The Kier molecular flexibility index (Phi) is 9.17. The number of amides is 1. The Bertz CT molecular complexity index is 173. The van der Waals surface area contributed by atoms with Crippen molar-refractivity contribution in [1.29, 1.82) is 0 Å². The number of hydrogen-bond acceptors (Lipinski definition) is 1. The van der Waals surface area contributed by atoms with Crippen molar-refractivity contribution in [3.05, 3.63) is 0 Å². The van der Waals surface area contributed by atoms with Gasteiger partial charge < -0.3 is 5.32 Å². The molecule has 2 unspecified atom stereocenters. The maximum absolute atomic E-state index is 11.5. The van der Waals surface area contributed by atoms with Crippen molar-refractivity contribution in [2.75, 3.05) is 6.54 Å². The van der Waals surface area contributed by atoms with Crippen molar-refractivity contribution in [3.63, 3.8) is 0 Å². The summed E-state index contributed by atoms with van der Waals surface area (Å²) in [4.78, 5) is 11.5. The molecule has 0 saturated carbocycles. The monoisotopic (exact) mass is 277 g/mol. The summed E-state index contributed by atoms with van der Waals surface area (Å²) in [6.07, 6.45) is 5.73. The van der Waals surface area contributed by atoms with Gasteiger partial charge in [0.15, 0.2) is 0 Å². The average molecular weight is 278 g/mol. The Morgan fingerprint density at radius 3 is 2.40 bits per heavy atom. The van der Waals surface area contributed by atoms with Crippen molar-refractivity contribution in [3.8, 4) is 0 Å². The topological polar surface area (TPSA) is 29.1 Å². The molecule has 0 spiro atoms. The molecule has 2 atom stereocenters. The molecule has 0 radical (unpaired) electrons. The van der Waals surface area contributed by atoms with Crippen LogP contribution in [0.1, 0.15) is 52.9 Å². The SMILES string of the molecule is CCCCC(CC)CNC(=O)C(Br)CC. The summed E-state index contributed by atoms with van der Waals surface area (Å²) in [5, 5.41) is 3.01. The smallest absolute Gasteiger partial charge is 0.233 e. The van der Waals surface area contributed by atoms with E-state index in [1.54, 1.807) is 0 Å². The number of unbranched alkanes of at least 4 members (excludes halogenated alkanes) is 1. The van der Waals surface area contributed by atoms with Gasteiger partial charge in [-0.05, 0) is 18.8 Å². The maximum Gasteiger partial charge on any atom is 0.233 e. The van der Waals surface area contributed by atoms with Crippen LogP contribution in [-0.4, -0.2) is 17.3 Å². The highest BCUT2D eigenvalue weighted by molar-refractivity contribution is 9.10. The van der Waals surface area contributed by atoms with Crippen LogP contribution in [0.5, 0.6) is 0 Å². The molecule has 0 aromatic heterocycles. The number of halogens is 1. The largest absolute Gasteiger partial charge is 0.355 e. The third-order valence-corrected chi connectivity index (χ3v) is 3.81. The molecule has 0 saturated heterocycles. The van der Waals surface area contributed by atoms with Crippen molar-refractivity contribution in [2.45, 2.75) is 57.7 Å². The Labute approximate surface area is 102 Å². The Hall–Kier alpha value is -0.0500. The summed E-state index contributed by atoms with van der Waals surface area (Å²) in [7, 11) is 0. The van der Waals surface area contributed by atoms with E-state index in [-0.39, 0.29) is 10.7 Å². The lowest BCUT2D eigenvalue weighted by molar-refractivity contribution is -0.120. The highest BCUT2D eigenvalue weighted by atomic mass is 79.9. The normalized spacial score (nSPS) is 14.7. The minimum absolute atomic E-state index is 0.0267. The number of rotatable bonds is 8. The molecule has 2 nitrogen and oxygen atoms in total. The average Bonchev–Trinajstić information content (AvgIpc) is 2.27. The summed E-state index contributed by atoms with van der Waals surface area (Å²) in [6.45, 7) is 7.24. The second-order valence-corrected chi connectivity index (χ2v) is 5.14. The molecule has 0 aliphatic heterocycles. The van der Waals surface area contributed by atoms with E-state index in [0.29, 0.717) is 5.92 Å². The molecule has 1 amide bonds. The fraction of sp³-hybridized carbons (Fsp3) is 0.917. The van der Waals surface area contributed by atoms with Gasteiger partial charge >= 0.3 is 0 Å². The van der Waals surface area contributed by atoms with Gasteiger partial charge in [-0.3, -0.25) is 4.79 Å². The minimum Gasteiger partial charge on any atom is -0.355 e. The Morgan fingerprint density at radius 2 is 1.93 bits per heavy atom. The van der Waals surface area contributed by atoms with Crippen LogP contribution in [0.15, 0.2) is 0 Å². The van der Waals surface area contributed by atoms with Crippen molar-refractivity contribution in [2.24, 2.45) is 5.92 Å². The first-order valence-corrected chi connectivity index (χ1v) is 6.98. The predicted molar refractivity (Wildman–Crippen MR) is 69.3 cm³/mol. The molecule has 3 heteroatoms. The van der Waals surface area contributed by atoms with E-state index < -0.39 is 0 Å². The van der Waals surface area contributed by atoms with Gasteiger partial charge in [0.05, 0.1) is 4.83 Å². The predicted octanol–water partition coefficient (Wildman–Crippen LogP) is 3.49. The summed E-state index contributed by atoms with van der Waals surface area (Å²) >= 11 is 3.35. The molecule has 0 aromatic rings. The molecule has 0 aliphatic carbocycles. The minimum atomic E-state index is -0.0267. The van der Waals surface area contributed by atoms with Gasteiger partial charge in [0.25, 0.3) is 0 Å². The highest BCUT2D eigenvalue weighted by Crippen LogP contribution is 2.12. The van der Waals surface area contributed by atoms with Crippen LogP contribution in [-0.2, 0) is 4.79 Å². The fourth-order valence-electron chi connectivity index (χ4n) is 1.48. The molecule has 90 valence electrons. The molecule has 0 fully saturated rings. The van der Waals surface area contributed by atoms with Crippen LogP contribution >= 0.6 is 15.9 Å². The zero-order valence-electron chi connectivity index (χ0n) is 10.2. The van der Waals surface area contributed by atoms with Gasteiger partial charge in [-0.2, -0.15) is 0 Å². The second-order valence-electron chi connectivity index (χ2n) is 4.04. The van der Waals surface area contributed by atoms with Crippen LogP contribution in [0.3, 0.4) is 0 Å². The summed E-state index contributed by atoms with van der Waals surface area (Å²) in [5.74, 6) is 0.776. The zero-order chi connectivity index (χ0) is 11.7. The molecule has 0 heterocycles. The van der Waals surface area contributed by atoms with Crippen LogP contribution < -0.4 is 5.32 Å². The van der Waals surface area contributed by atoms with Crippen molar-refractivity contribution in [1.82, 2.24) is 5.32 Å². The summed E-state index contributed by atoms with van der Waals surface area (Å²) in [5.41, 5.74) is 0. The van der Waals surface area contributed by atoms with Gasteiger partial charge in [0.1, 0.15) is 0 Å². The first-order chi connectivity index (χ1) is 7.15. The van der Waals surface area contributed by atoms with Gasteiger partial charge in [-0.15, -0.1) is 0 Å². The molecular weight excluding hydrogens is 254 g/mol. The van der Waals surface area contributed by atoms with E-state index >= 15 is 0 Å². The van der Waals surface area contributed by atoms with E-state index in [1.807, 2.05) is 6.92 Å². The fourth-order valence-corrected chi connectivity index (χ4v) is 1.65. The number of carbonyl (C=O) groups excluding carboxylic acids is 1. The lowest BCUT2D eigenvalue weighted by atomic mass is 9.99. The summed E-state index contributed by atoms with van der Waals surface area (Å²) in [6, 6.07) is 0. The first kappa shape index (κ1) is 14.9. The summed E-state index contributed by atoms with van der Waals surface area (Å²) < 4.78 is 0. The molecule has 15 heavy (non-hydrogen) atoms. The molecular formula is C12H24BrNO. The van der Waals surface area contributed by atoms with Gasteiger partial charge in [-0.25, -0.2) is 0 Å². The lowest BCUT2D eigenvalue weighted by Gasteiger charge is -2.16. The van der Waals surface area contributed by atoms with Crippen molar-refractivity contribution < 1.29 is 4.79 Å². The van der Waals surface area contributed by atoms with E-state index in [0.717, 1.165) is 19.4 Å². The lowest BCUT2D eigenvalue weighted by Crippen LogP contribution is -2.34. The standard InChI is InChI=1S/C12H24BrNO/c1-4-7-8-10(5-2)9-14-12(15)11(13)6-3/h10-11H,4-9H2,1-3H3,(H,14,15). The quantitative estimate of drug-likeness (QED) is 0.676. The molecule has 1 N–H and O–H groups in total. The first-order valence-electron chi connectivity index (χ1n) is 6.07. The van der Waals surface area contributed by atoms with Gasteiger partial charge in [-0.1, -0.05) is 56.0 Å². The number of alkyl halides is 1. The zero-order valence-corrected chi connectivity index (χ0v) is 11.8. The number of hydrogen-bond donors (Lipinski definition) is 1. The van der Waals surface area contributed by atoms with Crippen LogP contribution in [0.2, 0.25) is 0 Å². The van der Waals surface area contributed by atoms with E-state index in [9.17, 15) is 4.79 Å². The maximum atomic E-state index is 11.5.